The predicted molar refractivity (Wildman–Crippen MR) is 116 cm³/mol. The van der Waals surface area contributed by atoms with Gasteiger partial charge in [0.05, 0.1) is 11.7 Å². The normalized spacial score (nSPS) is 26.0. The Hall–Kier alpha value is -2.70. The Kier molecular flexibility index (Phi) is 4.40. The van der Waals surface area contributed by atoms with Crippen molar-refractivity contribution >= 4 is 16.8 Å². The van der Waals surface area contributed by atoms with E-state index in [2.05, 4.69) is 41.1 Å². The molecule has 4 aliphatic rings. The first kappa shape index (κ1) is 19.0. The van der Waals surface area contributed by atoms with Crippen molar-refractivity contribution in [1.82, 2.24) is 24.8 Å². The fourth-order valence-electron chi connectivity index (χ4n) is 5.85. The third-order valence-corrected chi connectivity index (χ3v) is 7.69. The van der Waals surface area contributed by atoms with Crippen molar-refractivity contribution in [3.05, 3.63) is 30.3 Å². The van der Waals surface area contributed by atoms with E-state index >= 15 is 0 Å². The van der Waals surface area contributed by atoms with Crippen molar-refractivity contribution in [2.24, 2.45) is 17.8 Å². The molecule has 3 saturated carbocycles. The summed E-state index contributed by atoms with van der Waals surface area (Å²) in [7, 11) is 0. The molecular formula is C24H29N5O2. The molecule has 0 radical (unpaired) electrons. The number of amides is 1. The monoisotopic (exact) mass is 419 g/mol. The van der Waals surface area contributed by atoms with Crippen LogP contribution < -0.4 is 0 Å². The number of fused-ring (bicyclic) bond motifs is 2. The number of likely N-dealkylation sites (tertiary alicyclic amines) is 1. The first-order valence-corrected chi connectivity index (χ1v) is 11.7. The summed E-state index contributed by atoms with van der Waals surface area (Å²) in [6.45, 7) is 5.85. The van der Waals surface area contributed by atoms with E-state index in [9.17, 15) is 4.79 Å². The van der Waals surface area contributed by atoms with Crippen molar-refractivity contribution in [3.8, 4) is 11.4 Å². The highest BCUT2D eigenvalue weighted by molar-refractivity contribution is 5.83. The molecule has 31 heavy (non-hydrogen) atoms. The second-order valence-electron chi connectivity index (χ2n) is 9.95. The van der Waals surface area contributed by atoms with Crippen LogP contribution in [0.2, 0.25) is 0 Å². The molecule has 1 saturated heterocycles. The summed E-state index contributed by atoms with van der Waals surface area (Å²) in [6, 6.07) is 6.46. The molecule has 1 amide bonds. The smallest absolute Gasteiger partial charge is 0.230 e. The van der Waals surface area contributed by atoms with E-state index in [0.29, 0.717) is 29.5 Å². The first-order valence-electron chi connectivity index (χ1n) is 11.7. The van der Waals surface area contributed by atoms with Gasteiger partial charge >= 0.3 is 0 Å². The summed E-state index contributed by atoms with van der Waals surface area (Å²) < 4.78 is 7.68. The summed E-state index contributed by atoms with van der Waals surface area (Å²) in [5.41, 5.74) is 2.02. The fraction of sp³-hybridized carbons (Fsp3) is 0.583. The van der Waals surface area contributed by atoms with Crippen LogP contribution in [0.25, 0.3) is 22.3 Å². The van der Waals surface area contributed by atoms with E-state index in [1.165, 1.54) is 12.8 Å². The van der Waals surface area contributed by atoms with Crippen LogP contribution in [0.3, 0.4) is 0 Å². The molecule has 7 nitrogen and oxygen atoms in total. The van der Waals surface area contributed by atoms with Gasteiger partial charge in [-0.25, -0.2) is 0 Å². The maximum absolute atomic E-state index is 12.9. The molecule has 7 rings (SSSR count). The van der Waals surface area contributed by atoms with Gasteiger partial charge in [-0.15, -0.1) is 0 Å². The van der Waals surface area contributed by atoms with Crippen LogP contribution in [0.5, 0.6) is 0 Å². The molecule has 4 fully saturated rings. The molecule has 2 aromatic heterocycles. The minimum Gasteiger partial charge on any atom is -0.342 e. The van der Waals surface area contributed by atoms with Crippen molar-refractivity contribution in [3.63, 3.8) is 0 Å². The Morgan fingerprint density at radius 3 is 2.68 bits per heavy atom. The van der Waals surface area contributed by atoms with Gasteiger partial charge in [0.15, 0.2) is 0 Å². The number of rotatable bonds is 4. The minimum absolute atomic E-state index is 0.229. The van der Waals surface area contributed by atoms with Gasteiger partial charge in [-0.1, -0.05) is 17.3 Å². The standard InChI is InChI=1S/C24H29N5O2/c1-14(2)29-21-12-17(3-4-18(21)13-25-29)22-26-23(31-27-22)16-5-7-28(8-6-16)24(30)20-11-15-9-19(20)10-15/h3-4,12-16,19-20H,5-11H2,1-2H3/t15?,19?,20-/m1/s1. The van der Waals surface area contributed by atoms with E-state index in [-0.39, 0.29) is 12.0 Å². The lowest BCUT2D eigenvalue weighted by molar-refractivity contribution is -0.137. The van der Waals surface area contributed by atoms with Crippen LogP contribution >= 0.6 is 0 Å². The summed E-state index contributed by atoms with van der Waals surface area (Å²) in [5, 5.41) is 9.86. The Bertz CT molecular complexity index is 1120. The molecule has 3 heterocycles. The van der Waals surface area contributed by atoms with Crippen LogP contribution in [-0.2, 0) is 4.79 Å². The molecule has 2 bridgehead atoms. The third-order valence-electron chi connectivity index (χ3n) is 7.69. The number of nitrogens with zero attached hydrogens (tertiary/aromatic N) is 5. The zero-order valence-corrected chi connectivity index (χ0v) is 18.2. The first-order chi connectivity index (χ1) is 15.1. The van der Waals surface area contributed by atoms with Crippen LogP contribution in [0, 0.1) is 17.8 Å². The number of carbonyl (C=O) groups is 1. The number of hydrogen-bond acceptors (Lipinski definition) is 5. The fourth-order valence-corrected chi connectivity index (χ4v) is 5.85. The van der Waals surface area contributed by atoms with Gasteiger partial charge in [0.2, 0.25) is 17.6 Å². The summed E-state index contributed by atoms with van der Waals surface area (Å²) >= 11 is 0. The third kappa shape index (κ3) is 3.17. The van der Waals surface area contributed by atoms with Crippen LogP contribution in [-0.4, -0.2) is 43.8 Å². The van der Waals surface area contributed by atoms with Gasteiger partial charge in [0.25, 0.3) is 0 Å². The molecule has 3 aliphatic carbocycles. The SMILES string of the molecule is CC(C)n1ncc2ccc(-c3noc(C4CCN(C(=O)[C@@H]5CC6CC5C6)CC4)n3)cc21. The second kappa shape index (κ2) is 7.18. The van der Waals surface area contributed by atoms with Gasteiger partial charge in [-0.05, 0) is 63.9 Å². The number of piperidine rings is 1. The van der Waals surface area contributed by atoms with E-state index in [1.54, 1.807) is 0 Å². The Morgan fingerprint density at radius 1 is 1.16 bits per heavy atom. The molecule has 1 aliphatic heterocycles. The molecule has 0 spiro atoms. The average Bonchev–Trinajstić information content (AvgIpc) is 3.54. The Labute approximate surface area is 181 Å². The van der Waals surface area contributed by atoms with E-state index in [4.69, 9.17) is 9.51 Å². The molecule has 1 aromatic carbocycles. The lowest BCUT2D eigenvalue weighted by Crippen LogP contribution is -2.42. The van der Waals surface area contributed by atoms with E-state index in [0.717, 1.165) is 54.7 Å². The van der Waals surface area contributed by atoms with Gasteiger partial charge in [-0.3, -0.25) is 9.48 Å². The average molecular weight is 420 g/mol. The lowest BCUT2D eigenvalue weighted by atomic mass is 9.82. The molecule has 3 aromatic rings. The zero-order chi connectivity index (χ0) is 21.1. The highest BCUT2D eigenvalue weighted by Crippen LogP contribution is 2.53. The molecule has 1 atom stereocenters. The molecule has 7 heteroatoms. The number of benzene rings is 1. The van der Waals surface area contributed by atoms with Crippen molar-refractivity contribution < 1.29 is 9.32 Å². The van der Waals surface area contributed by atoms with E-state index < -0.39 is 0 Å². The van der Waals surface area contributed by atoms with Crippen molar-refractivity contribution in [2.75, 3.05) is 13.1 Å². The van der Waals surface area contributed by atoms with Gasteiger partial charge < -0.3 is 9.42 Å². The summed E-state index contributed by atoms with van der Waals surface area (Å²) in [6.07, 6.45) is 7.37. The zero-order valence-electron chi connectivity index (χ0n) is 18.2. The molecule has 0 N–H and O–H groups in total. The van der Waals surface area contributed by atoms with Gasteiger partial charge in [0, 0.05) is 41.9 Å². The molecule has 0 unspecified atom stereocenters. The van der Waals surface area contributed by atoms with Crippen molar-refractivity contribution in [1.29, 1.82) is 0 Å². The predicted octanol–water partition coefficient (Wildman–Crippen LogP) is 4.42. The maximum atomic E-state index is 12.9. The lowest BCUT2D eigenvalue weighted by Gasteiger charge is -2.33. The van der Waals surface area contributed by atoms with Crippen LogP contribution in [0.4, 0.5) is 0 Å². The topological polar surface area (TPSA) is 77.0 Å². The highest BCUT2D eigenvalue weighted by atomic mass is 16.5. The van der Waals surface area contributed by atoms with Gasteiger partial charge in [-0.2, -0.15) is 10.1 Å². The van der Waals surface area contributed by atoms with Crippen LogP contribution in [0.15, 0.2) is 28.9 Å². The molecule has 162 valence electrons. The Balaban J connectivity index is 1.15. The minimum atomic E-state index is 0.229. The summed E-state index contributed by atoms with van der Waals surface area (Å²) in [4.78, 5) is 19.7. The number of aromatic nitrogens is 4. The molecular weight excluding hydrogens is 390 g/mol. The maximum Gasteiger partial charge on any atom is 0.230 e. The van der Waals surface area contributed by atoms with E-state index in [1.807, 2.05) is 16.9 Å². The van der Waals surface area contributed by atoms with Crippen molar-refractivity contribution in [2.45, 2.75) is 57.9 Å². The number of hydrogen-bond donors (Lipinski definition) is 0. The highest BCUT2D eigenvalue weighted by Gasteiger charge is 2.48. The number of carbonyl (C=O) groups excluding carboxylic acids is 1. The Morgan fingerprint density at radius 2 is 1.97 bits per heavy atom. The quantitative estimate of drug-likeness (QED) is 0.626. The summed E-state index contributed by atoms with van der Waals surface area (Å²) in [5.74, 6) is 3.73. The second-order valence-corrected chi connectivity index (χ2v) is 9.95. The van der Waals surface area contributed by atoms with Crippen LogP contribution in [0.1, 0.15) is 63.8 Å². The largest absolute Gasteiger partial charge is 0.342 e. The van der Waals surface area contributed by atoms with Gasteiger partial charge in [0.1, 0.15) is 0 Å².